The zero-order chi connectivity index (χ0) is 18.9. The summed E-state index contributed by atoms with van der Waals surface area (Å²) in [6.45, 7) is 2.12. The van der Waals surface area contributed by atoms with E-state index in [1.165, 1.54) is 37.2 Å². The molecule has 0 fully saturated rings. The van der Waals surface area contributed by atoms with Gasteiger partial charge in [-0.25, -0.2) is 0 Å². The maximum atomic E-state index is 4.74. The molecule has 0 aliphatic heterocycles. The summed E-state index contributed by atoms with van der Waals surface area (Å²) >= 11 is 1.80. The maximum absolute atomic E-state index is 4.74. The number of thiophene rings is 1. The van der Waals surface area contributed by atoms with Crippen LogP contribution in [0.5, 0.6) is 0 Å². The standard InChI is InChI=1S/C26H19NS/c1-18-10-12-20(13-11-18)25-16-23-15-24(27-17-26(23)28-25)22-9-5-8-21(14-22)19-6-3-2-4-7-19/h2-17H,1H3. The van der Waals surface area contributed by atoms with Gasteiger partial charge >= 0.3 is 0 Å². The number of hydrogen-bond donors (Lipinski definition) is 0. The van der Waals surface area contributed by atoms with Crippen molar-refractivity contribution in [3.63, 3.8) is 0 Å². The first-order valence-electron chi connectivity index (χ1n) is 9.39. The summed E-state index contributed by atoms with van der Waals surface area (Å²) in [4.78, 5) is 6.03. The molecule has 0 bridgehead atoms. The van der Waals surface area contributed by atoms with E-state index in [4.69, 9.17) is 4.98 Å². The fraction of sp³-hybridized carbons (Fsp3) is 0.0385. The lowest BCUT2D eigenvalue weighted by Gasteiger charge is -2.05. The van der Waals surface area contributed by atoms with Crippen LogP contribution < -0.4 is 0 Å². The topological polar surface area (TPSA) is 12.9 Å². The molecule has 0 spiro atoms. The van der Waals surface area contributed by atoms with E-state index in [-0.39, 0.29) is 0 Å². The number of aryl methyl sites for hydroxylation is 1. The van der Waals surface area contributed by atoms with E-state index in [0.29, 0.717) is 0 Å². The smallest absolute Gasteiger partial charge is 0.0709 e. The van der Waals surface area contributed by atoms with Crippen LogP contribution in [0.25, 0.3) is 42.9 Å². The Morgan fingerprint density at radius 1 is 0.643 bits per heavy atom. The molecular weight excluding hydrogens is 358 g/mol. The van der Waals surface area contributed by atoms with Crippen molar-refractivity contribution in [2.24, 2.45) is 0 Å². The second-order valence-electron chi connectivity index (χ2n) is 7.03. The second-order valence-corrected chi connectivity index (χ2v) is 8.11. The highest BCUT2D eigenvalue weighted by atomic mass is 32.1. The van der Waals surface area contributed by atoms with Gasteiger partial charge in [0.1, 0.15) is 0 Å². The molecule has 2 heterocycles. The molecule has 1 nitrogen and oxygen atoms in total. The van der Waals surface area contributed by atoms with Gasteiger partial charge in [-0.15, -0.1) is 11.3 Å². The first-order chi connectivity index (χ1) is 13.8. The van der Waals surface area contributed by atoms with Crippen LogP contribution >= 0.6 is 11.3 Å². The lowest BCUT2D eigenvalue weighted by Crippen LogP contribution is -1.84. The van der Waals surface area contributed by atoms with Crippen molar-refractivity contribution in [3.8, 4) is 32.8 Å². The van der Waals surface area contributed by atoms with Gasteiger partial charge in [0, 0.05) is 16.6 Å². The number of fused-ring (bicyclic) bond motifs is 1. The lowest BCUT2D eigenvalue weighted by molar-refractivity contribution is 1.36. The minimum atomic E-state index is 1.01. The summed E-state index contributed by atoms with van der Waals surface area (Å²) in [5, 5.41) is 1.25. The summed E-state index contributed by atoms with van der Waals surface area (Å²) in [6.07, 6.45) is 2.00. The zero-order valence-electron chi connectivity index (χ0n) is 15.6. The monoisotopic (exact) mass is 377 g/mol. The van der Waals surface area contributed by atoms with E-state index in [0.717, 1.165) is 11.3 Å². The molecule has 0 unspecified atom stereocenters. The Labute approximate surface area is 169 Å². The molecule has 0 N–H and O–H groups in total. The van der Waals surface area contributed by atoms with Crippen molar-refractivity contribution in [2.75, 3.05) is 0 Å². The summed E-state index contributed by atoms with van der Waals surface area (Å²) in [5.74, 6) is 0. The predicted octanol–water partition coefficient (Wildman–Crippen LogP) is 7.61. The first-order valence-corrected chi connectivity index (χ1v) is 10.2. The van der Waals surface area contributed by atoms with E-state index >= 15 is 0 Å². The van der Waals surface area contributed by atoms with Gasteiger partial charge in [-0.1, -0.05) is 78.4 Å². The molecule has 0 atom stereocenters. The number of pyridine rings is 1. The van der Waals surface area contributed by atoms with Gasteiger partial charge in [-0.05, 0) is 47.2 Å². The third-order valence-electron chi connectivity index (χ3n) is 5.01. The van der Waals surface area contributed by atoms with E-state index in [1.807, 2.05) is 12.3 Å². The summed E-state index contributed by atoms with van der Waals surface area (Å²) in [6, 6.07) is 32.3. The predicted molar refractivity (Wildman–Crippen MR) is 121 cm³/mol. The molecule has 0 aliphatic rings. The summed E-state index contributed by atoms with van der Waals surface area (Å²) in [7, 11) is 0. The highest BCUT2D eigenvalue weighted by Crippen LogP contribution is 2.35. The van der Waals surface area contributed by atoms with Crippen molar-refractivity contribution >= 4 is 21.4 Å². The molecule has 0 saturated heterocycles. The number of hydrogen-bond acceptors (Lipinski definition) is 2. The number of benzene rings is 3. The van der Waals surface area contributed by atoms with Gasteiger partial charge < -0.3 is 0 Å². The van der Waals surface area contributed by atoms with Crippen LogP contribution in [-0.2, 0) is 0 Å². The number of nitrogens with zero attached hydrogens (tertiary/aromatic N) is 1. The van der Waals surface area contributed by atoms with Gasteiger partial charge in [-0.2, -0.15) is 0 Å². The minimum absolute atomic E-state index is 1.01. The molecule has 0 aliphatic carbocycles. The highest BCUT2D eigenvalue weighted by molar-refractivity contribution is 7.22. The quantitative estimate of drug-likeness (QED) is 0.315. The third-order valence-corrected chi connectivity index (χ3v) is 6.14. The Bertz CT molecular complexity index is 1250. The normalized spacial score (nSPS) is 11.0. The Morgan fingerprint density at radius 3 is 2.21 bits per heavy atom. The second kappa shape index (κ2) is 7.06. The molecule has 5 aromatic rings. The zero-order valence-corrected chi connectivity index (χ0v) is 16.4. The molecule has 3 aromatic carbocycles. The molecule has 5 rings (SSSR count). The van der Waals surface area contributed by atoms with Gasteiger partial charge in [0.25, 0.3) is 0 Å². The molecule has 0 amide bonds. The minimum Gasteiger partial charge on any atom is -0.255 e. The molecule has 0 radical (unpaired) electrons. The lowest BCUT2D eigenvalue weighted by atomic mass is 10.0. The first kappa shape index (κ1) is 16.9. The van der Waals surface area contributed by atoms with Crippen molar-refractivity contribution < 1.29 is 0 Å². The Hall–Kier alpha value is -3.23. The van der Waals surface area contributed by atoms with E-state index in [9.17, 15) is 0 Å². The van der Waals surface area contributed by atoms with Crippen molar-refractivity contribution in [1.82, 2.24) is 4.98 Å². The van der Waals surface area contributed by atoms with Crippen LogP contribution in [0.15, 0.2) is 97.2 Å². The van der Waals surface area contributed by atoms with Gasteiger partial charge in [0.15, 0.2) is 0 Å². The third kappa shape index (κ3) is 3.23. The van der Waals surface area contributed by atoms with Crippen LogP contribution in [0.2, 0.25) is 0 Å². The van der Waals surface area contributed by atoms with Crippen LogP contribution in [0, 0.1) is 6.92 Å². The molecule has 2 aromatic heterocycles. The Kier molecular flexibility index (Phi) is 4.27. The number of rotatable bonds is 3. The van der Waals surface area contributed by atoms with Gasteiger partial charge in [0.2, 0.25) is 0 Å². The Balaban J connectivity index is 1.54. The maximum Gasteiger partial charge on any atom is 0.0709 e. The van der Waals surface area contributed by atoms with Crippen LogP contribution in [0.4, 0.5) is 0 Å². The summed E-state index contributed by atoms with van der Waals surface area (Å²) < 4.78 is 1.22. The average Bonchev–Trinajstić information content (AvgIpc) is 3.18. The average molecular weight is 378 g/mol. The van der Waals surface area contributed by atoms with E-state index in [2.05, 4.69) is 91.9 Å². The van der Waals surface area contributed by atoms with Gasteiger partial charge in [0.05, 0.1) is 10.4 Å². The van der Waals surface area contributed by atoms with Crippen molar-refractivity contribution in [2.45, 2.75) is 6.92 Å². The van der Waals surface area contributed by atoms with Gasteiger partial charge in [-0.3, -0.25) is 4.98 Å². The van der Waals surface area contributed by atoms with E-state index < -0.39 is 0 Å². The molecule has 2 heteroatoms. The SMILES string of the molecule is Cc1ccc(-c2cc3cc(-c4cccc(-c5ccccc5)c4)ncc3s2)cc1. The highest BCUT2D eigenvalue weighted by Gasteiger charge is 2.08. The fourth-order valence-electron chi connectivity index (χ4n) is 3.45. The van der Waals surface area contributed by atoms with E-state index in [1.54, 1.807) is 11.3 Å². The van der Waals surface area contributed by atoms with Crippen LogP contribution in [0.1, 0.15) is 5.56 Å². The molecule has 0 saturated carbocycles. The fourth-order valence-corrected chi connectivity index (χ4v) is 4.47. The van der Waals surface area contributed by atoms with Crippen LogP contribution in [0.3, 0.4) is 0 Å². The number of aromatic nitrogens is 1. The molecule has 134 valence electrons. The molecular formula is C26H19NS. The van der Waals surface area contributed by atoms with Crippen molar-refractivity contribution in [3.05, 3.63) is 103 Å². The Morgan fingerprint density at radius 2 is 1.39 bits per heavy atom. The molecule has 28 heavy (non-hydrogen) atoms. The largest absolute Gasteiger partial charge is 0.255 e. The summed E-state index contributed by atoms with van der Waals surface area (Å²) in [5.41, 5.74) is 7.14. The van der Waals surface area contributed by atoms with Crippen LogP contribution in [-0.4, -0.2) is 4.98 Å². The van der Waals surface area contributed by atoms with Crippen molar-refractivity contribution in [1.29, 1.82) is 0 Å².